The highest BCUT2D eigenvalue weighted by Gasteiger charge is 2.27. The van der Waals surface area contributed by atoms with Gasteiger partial charge in [-0.15, -0.1) is 12.4 Å². The first-order valence-corrected chi connectivity index (χ1v) is 9.77. The number of hydrogen-bond acceptors (Lipinski definition) is 1. The molecule has 1 nitrogen and oxygen atoms in total. The van der Waals surface area contributed by atoms with Gasteiger partial charge < -0.3 is 4.90 Å². The average Bonchev–Trinajstić information content (AvgIpc) is 2.30. The molecule has 1 aromatic carbocycles. The van der Waals surface area contributed by atoms with E-state index in [0.29, 0.717) is 0 Å². The number of halogens is 2. The van der Waals surface area contributed by atoms with Crippen molar-refractivity contribution in [3.63, 3.8) is 0 Å². The highest BCUT2D eigenvalue weighted by molar-refractivity contribution is 6.89. The average molecular weight is 288 g/mol. The number of piperidine rings is 1. The predicted octanol–water partition coefficient (Wildman–Crippen LogP) is 3.19. The minimum atomic E-state index is -1.43. The van der Waals surface area contributed by atoms with Crippen molar-refractivity contribution in [2.45, 2.75) is 32.4 Å². The molecule has 1 aliphatic heterocycles. The van der Waals surface area contributed by atoms with Crippen LogP contribution < -0.4 is 5.19 Å². The van der Waals surface area contributed by atoms with E-state index in [4.69, 9.17) is 0 Å². The fourth-order valence-electron chi connectivity index (χ4n) is 2.67. The molecule has 1 aliphatic rings. The smallest absolute Gasteiger partial charge is 0.123 e. The first-order valence-electron chi connectivity index (χ1n) is 6.56. The summed E-state index contributed by atoms with van der Waals surface area (Å²) < 4.78 is 12.9. The standard InChI is InChI=1S/C14H22FNSi.ClH/c1-17(2,12-16-10-4-3-5-11-16)14-8-6-13(15)7-9-14;/h6-9H,3-5,10-12H2,1-2H3;1H. The Labute approximate surface area is 117 Å². The summed E-state index contributed by atoms with van der Waals surface area (Å²) >= 11 is 0. The monoisotopic (exact) mass is 287 g/mol. The summed E-state index contributed by atoms with van der Waals surface area (Å²) in [5.74, 6) is -0.128. The Bertz CT molecular complexity index is 361. The van der Waals surface area contributed by atoms with Crippen molar-refractivity contribution in [3.05, 3.63) is 30.1 Å². The van der Waals surface area contributed by atoms with Crippen molar-refractivity contribution < 1.29 is 4.39 Å². The fourth-order valence-corrected chi connectivity index (χ4v) is 5.35. The Morgan fingerprint density at radius 1 is 1.06 bits per heavy atom. The zero-order valence-electron chi connectivity index (χ0n) is 11.3. The van der Waals surface area contributed by atoms with Crippen LogP contribution in [0.25, 0.3) is 0 Å². The molecule has 1 aromatic rings. The molecule has 0 unspecified atom stereocenters. The van der Waals surface area contributed by atoms with Crippen LogP contribution in [-0.2, 0) is 0 Å². The van der Waals surface area contributed by atoms with E-state index in [9.17, 15) is 4.39 Å². The van der Waals surface area contributed by atoms with Gasteiger partial charge in [-0.05, 0) is 44.2 Å². The van der Waals surface area contributed by atoms with Crippen LogP contribution in [0.1, 0.15) is 19.3 Å². The zero-order chi connectivity index (χ0) is 12.3. The van der Waals surface area contributed by atoms with E-state index in [2.05, 4.69) is 18.0 Å². The highest BCUT2D eigenvalue weighted by Crippen LogP contribution is 2.13. The Hall–Kier alpha value is -0.383. The summed E-state index contributed by atoms with van der Waals surface area (Å²) in [6.07, 6.45) is 5.27. The van der Waals surface area contributed by atoms with Gasteiger partial charge in [0.05, 0.1) is 8.07 Å². The lowest BCUT2D eigenvalue weighted by Crippen LogP contribution is -2.52. The zero-order valence-corrected chi connectivity index (χ0v) is 13.1. The van der Waals surface area contributed by atoms with E-state index in [1.165, 1.54) is 43.7 Å². The van der Waals surface area contributed by atoms with Crippen LogP contribution in [0.15, 0.2) is 24.3 Å². The minimum Gasteiger partial charge on any atom is -0.306 e. The number of rotatable bonds is 3. The maximum absolute atomic E-state index is 12.9. The molecule has 1 fully saturated rings. The maximum Gasteiger partial charge on any atom is 0.123 e. The molecule has 0 amide bonds. The molecule has 18 heavy (non-hydrogen) atoms. The van der Waals surface area contributed by atoms with E-state index in [-0.39, 0.29) is 18.2 Å². The fraction of sp³-hybridized carbons (Fsp3) is 0.571. The molecule has 2 rings (SSSR count). The van der Waals surface area contributed by atoms with Crippen molar-refractivity contribution in [1.82, 2.24) is 4.90 Å². The van der Waals surface area contributed by atoms with Crippen LogP contribution >= 0.6 is 12.4 Å². The third-order valence-electron chi connectivity index (χ3n) is 3.69. The van der Waals surface area contributed by atoms with Crippen LogP contribution in [0.5, 0.6) is 0 Å². The summed E-state index contributed by atoms with van der Waals surface area (Å²) in [5.41, 5.74) is 0. The molecule has 0 saturated carbocycles. The van der Waals surface area contributed by atoms with Gasteiger partial charge in [0.25, 0.3) is 0 Å². The van der Waals surface area contributed by atoms with Gasteiger partial charge in [-0.2, -0.15) is 0 Å². The Balaban J connectivity index is 0.00000162. The lowest BCUT2D eigenvalue weighted by Gasteiger charge is -2.34. The number of hydrogen-bond donors (Lipinski definition) is 0. The summed E-state index contributed by atoms with van der Waals surface area (Å²) in [7, 11) is -1.43. The lowest BCUT2D eigenvalue weighted by molar-refractivity contribution is 0.260. The maximum atomic E-state index is 12.9. The van der Waals surface area contributed by atoms with Gasteiger partial charge in [-0.1, -0.05) is 36.8 Å². The highest BCUT2D eigenvalue weighted by atomic mass is 35.5. The van der Waals surface area contributed by atoms with Gasteiger partial charge in [-0.25, -0.2) is 4.39 Å². The summed E-state index contributed by atoms with van der Waals surface area (Å²) in [6, 6.07) is 7.15. The SMILES string of the molecule is C[Si](C)(CN1CCCCC1)c1ccc(F)cc1.Cl. The molecule has 102 valence electrons. The second kappa shape index (κ2) is 6.69. The Morgan fingerprint density at radius 3 is 2.17 bits per heavy atom. The number of benzene rings is 1. The molecule has 0 N–H and O–H groups in total. The third-order valence-corrected chi connectivity index (χ3v) is 6.83. The molecule has 1 heterocycles. The van der Waals surface area contributed by atoms with E-state index in [1.54, 1.807) is 12.1 Å². The molecule has 0 bridgehead atoms. The molecule has 0 aliphatic carbocycles. The largest absolute Gasteiger partial charge is 0.306 e. The van der Waals surface area contributed by atoms with Crippen molar-refractivity contribution >= 4 is 25.7 Å². The normalized spacial score (nSPS) is 17.3. The van der Waals surface area contributed by atoms with Gasteiger partial charge >= 0.3 is 0 Å². The summed E-state index contributed by atoms with van der Waals surface area (Å²) in [5, 5.41) is 1.37. The predicted molar refractivity (Wildman–Crippen MR) is 81.1 cm³/mol. The first-order chi connectivity index (χ1) is 8.08. The van der Waals surface area contributed by atoms with E-state index < -0.39 is 8.07 Å². The molecule has 0 radical (unpaired) electrons. The second-order valence-electron chi connectivity index (χ2n) is 5.73. The summed E-state index contributed by atoms with van der Waals surface area (Å²) in [4.78, 5) is 2.60. The topological polar surface area (TPSA) is 3.24 Å². The Morgan fingerprint density at radius 2 is 1.61 bits per heavy atom. The van der Waals surface area contributed by atoms with Crippen LogP contribution in [0.4, 0.5) is 4.39 Å². The van der Waals surface area contributed by atoms with Crippen molar-refractivity contribution in [1.29, 1.82) is 0 Å². The second-order valence-corrected chi connectivity index (χ2v) is 10.4. The van der Waals surface area contributed by atoms with Crippen molar-refractivity contribution in [2.24, 2.45) is 0 Å². The molecule has 0 aromatic heterocycles. The first kappa shape index (κ1) is 15.7. The summed E-state index contributed by atoms with van der Waals surface area (Å²) in [6.45, 7) is 7.26. The van der Waals surface area contributed by atoms with Crippen molar-refractivity contribution in [2.75, 3.05) is 19.3 Å². The molecule has 4 heteroatoms. The minimum absolute atomic E-state index is 0. The van der Waals surface area contributed by atoms with Crippen LogP contribution in [0, 0.1) is 5.82 Å². The van der Waals surface area contributed by atoms with E-state index in [0.717, 1.165) is 0 Å². The molecule has 0 atom stereocenters. The molecular formula is C14H23ClFNSi. The van der Waals surface area contributed by atoms with Crippen molar-refractivity contribution in [3.8, 4) is 0 Å². The molecular weight excluding hydrogens is 265 g/mol. The van der Waals surface area contributed by atoms with Gasteiger partial charge in [0.15, 0.2) is 0 Å². The van der Waals surface area contributed by atoms with Gasteiger partial charge in [0.1, 0.15) is 5.82 Å². The molecule has 0 spiro atoms. The van der Waals surface area contributed by atoms with E-state index >= 15 is 0 Å². The molecule has 1 saturated heterocycles. The quantitative estimate of drug-likeness (QED) is 0.772. The number of nitrogens with zero attached hydrogens (tertiary/aromatic N) is 1. The Kier molecular flexibility index (Phi) is 5.82. The van der Waals surface area contributed by atoms with Gasteiger partial charge in [0, 0.05) is 0 Å². The van der Waals surface area contributed by atoms with Crippen LogP contribution in [-0.4, -0.2) is 32.2 Å². The number of likely N-dealkylation sites (tertiary alicyclic amines) is 1. The van der Waals surface area contributed by atoms with Crippen LogP contribution in [0.2, 0.25) is 13.1 Å². The van der Waals surface area contributed by atoms with Gasteiger partial charge in [-0.3, -0.25) is 0 Å². The van der Waals surface area contributed by atoms with Gasteiger partial charge in [0.2, 0.25) is 0 Å². The van der Waals surface area contributed by atoms with Crippen LogP contribution in [0.3, 0.4) is 0 Å². The third kappa shape index (κ3) is 4.07. The lowest BCUT2D eigenvalue weighted by atomic mass is 10.1. The van der Waals surface area contributed by atoms with E-state index in [1.807, 2.05) is 12.1 Å².